The van der Waals surface area contributed by atoms with Crippen LogP contribution in [0.2, 0.25) is 0 Å². The molecular formula is C9H16O5. The molecule has 82 valence electrons. The zero-order chi connectivity index (χ0) is 11.8. The number of esters is 1. The number of carbonyl (C=O) groups excluding carboxylic acids is 1. The van der Waals surface area contributed by atoms with Crippen molar-refractivity contribution in [2.24, 2.45) is 0 Å². The minimum absolute atomic E-state index is 0.329. The van der Waals surface area contributed by atoms with E-state index in [2.05, 4.69) is 16.1 Å². The van der Waals surface area contributed by atoms with Crippen molar-refractivity contribution >= 4 is 12.1 Å². The molecular weight excluding hydrogens is 188 g/mol. The monoisotopic (exact) mass is 204 g/mol. The third-order valence-electron chi connectivity index (χ3n) is 0.643. The highest BCUT2D eigenvalue weighted by atomic mass is 16.7. The lowest BCUT2D eigenvalue weighted by molar-refractivity contribution is -0.135. The smallest absolute Gasteiger partial charge is 0.450 e. The van der Waals surface area contributed by atoms with E-state index in [1.54, 1.807) is 20.8 Å². The highest BCUT2D eigenvalue weighted by Crippen LogP contribution is 2.05. The van der Waals surface area contributed by atoms with Gasteiger partial charge in [-0.05, 0) is 20.8 Å². The Morgan fingerprint density at radius 3 is 1.79 bits per heavy atom. The van der Waals surface area contributed by atoms with Gasteiger partial charge in [-0.3, -0.25) is 4.79 Å². The van der Waals surface area contributed by atoms with E-state index in [4.69, 9.17) is 5.11 Å². The summed E-state index contributed by atoms with van der Waals surface area (Å²) in [4.78, 5) is 19.5. The first kappa shape index (κ1) is 15.0. The van der Waals surface area contributed by atoms with Crippen molar-refractivity contribution in [3.8, 4) is 0 Å². The van der Waals surface area contributed by atoms with Crippen LogP contribution in [-0.4, -0.2) is 22.8 Å². The molecule has 0 saturated heterocycles. The first-order valence-corrected chi connectivity index (χ1v) is 3.89. The second kappa shape index (κ2) is 6.94. The highest BCUT2D eigenvalue weighted by Gasteiger charge is 2.13. The first-order valence-electron chi connectivity index (χ1n) is 3.89. The lowest BCUT2D eigenvalue weighted by Crippen LogP contribution is -2.22. The van der Waals surface area contributed by atoms with Gasteiger partial charge in [0.15, 0.2) is 0 Å². The van der Waals surface area contributed by atoms with Crippen molar-refractivity contribution in [3.63, 3.8) is 0 Å². The normalized spacial score (nSPS) is 9.14. The molecule has 5 nitrogen and oxygen atoms in total. The standard InChI is InChI=1S/C5H10O3.C4H6O2/c1-5(2,3)8-4(6)7;1-3-6-4(2)5/h1-3H3,(H,6,7);3H,1H2,2H3. The minimum Gasteiger partial charge on any atom is -0.450 e. The third-order valence-corrected chi connectivity index (χ3v) is 0.643. The summed E-state index contributed by atoms with van der Waals surface area (Å²) in [6.07, 6.45) is -0.125. The molecule has 0 fully saturated rings. The summed E-state index contributed by atoms with van der Waals surface area (Å²) in [5, 5.41) is 8.03. The molecule has 0 radical (unpaired) electrons. The minimum atomic E-state index is -1.22. The summed E-state index contributed by atoms with van der Waals surface area (Å²) in [7, 11) is 0. The van der Waals surface area contributed by atoms with Gasteiger partial charge in [-0.1, -0.05) is 6.58 Å². The maximum absolute atomic E-state index is 9.79. The van der Waals surface area contributed by atoms with Gasteiger partial charge in [0.1, 0.15) is 5.60 Å². The summed E-state index contributed by atoms with van der Waals surface area (Å²) in [5.74, 6) is -0.329. The van der Waals surface area contributed by atoms with E-state index in [1.165, 1.54) is 6.92 Å². The SMILES string of the molecule is C=COC(C)=O.CC(C)(C)OC(=O)O. The first-order chi connectivity index (χ1) is 6.19. The van der Waals surface area contributed by atoms with Gasteiger partial charge >= 0.3 is 12.1 Å². The Labute approximate surface area is 83.3 Å². The predicted molar refractivity (Wildman–Crippen MR) is 50.8 cm³/mol. The molecule has 0 atom stereocenters. The Kier molecular flexibility index (Phi) is 7.42. The number of ether oxygens (including phenoxy) is 2. The summed E-state index contributed by atoms with van der Waals surface area (Å²) >= 11 is 0. The summed E-state index contributed by atoms with van der Waals surface area (Å²) in [5.41, 5.74) is -0.578. The van der Waals surface area contributed by atoms with Crippen LogP contribution in [0.25, 0.3) is 0 Å². The van der Waals surface area contributed by atoms with Crippen molar-refractivity contribution in [1.29, 1.82) is 0 Å². The molecule has 0 aromatic heterocycles. The van der Waals surface area contributed by atoms with Gasteiger partial charge in [-0.2, -0.15) is 0 Å². The van der Waals surface area contributed by atoms with Crippen LogP contribution in [0.15, 0.2) is 12.8 Å². The molecule has 0 aromatic rings. The fraction of sp³-hybridized carbons (Fsp3) is 0.556. The van der Waals surface area contributed by atoms with Crippen LogP contribution < -0.4 is 0 Å². The van der Waals surface area contributed by atoms with Crippen LogP contribution in [0.3, 0.4) is 0 Å². The van der Waals surface area contributed by atoms with Crippen molar-refractivity contribution < 1.29 is 24.2 Å². The number of carbonyl (C=O) groups is 2. The van der Waals surface area contributed by atoms with Crippen LogP contribution in [-0.2, 0) is 14.3 Å². The van der Waals surface area contributed by atoms with E-state index in [0.29, 0.717) is 0 Å². The molecule has 0 aliphatic heterocycles. The molecule has 0 unspecified atom stereocenters. The molecule has 0 aliphatic rings. The van der Waals surface area contributed by atoms with E-state index in [1.807, 2.05) is 0 Å². The highest BCUT2D eigenvalue weighted by molar-refractivity contribution is 5.66. The average molecular weight is 204 g/mol. The Bertz CT molecular complexity index is 202. The van der Waals surface area contributed by atoms with Gasteiger partial charge in [-0.25, -0.2) is 4.79 Å². The molecule has 0 saturated carbocycles. The van der Waals surface area contributed by atoms with Crippen molar-refractivity contribution in [2.75, 3.05) is 0 Å². The molecule has 0 rings (SSSR count). The van der Waals surface area contributed by atoms with Gasteiger partial charge in [0.05, 0.1) is 6.26 Å². The second-order valence-electron chi connectivity index (χ2n) is 3.26. The van der Waals surface area contributed by atoms with Crippen LogP contribution in [0.1, 0.15) is 27.7 Å². The van der Waals surface area contributed by atoms with Crippen molar-refractivity contribution in [3.05, 3.63) is 12.8 Å². The quantitative estimate of drug-likeness (QED) is 0.523. The lowest BCUT2D eigenvalue weighted by atomic mass is 10.2. The van der Waals surface area contributed by atoms with Gasteiger partial charge < -0.3 is 14.6 Å². The van der Waals surface area contributed by atoms with Crippen LogP contribution >= 0.6 is 0 Å². The number of carboxylic acid groups (broad SMARTS) is 1. The topological polar surface area (TPSA) is 72.8 Å². The summed E-state index contributed by atoms with van der Waals surface area (Å²) in [6.45, 7) is 9.52. The van der Waals surface area contributed by atoms with Crippen LogP contribution in [0.4, 0.5) is 4.79 Å². The summed E-state index contributed by atoms with van der Waals surface area (Å²) < 4.78 is 8.52. The molecule has 0 bridgehead atoms. The zero-order valence-electron chi connectivity index (χ0n) is 8.86. The Morgan fingerprint density at radius 1 is 1.36 bits per heavy atom. The molecule has 0 amide bonds. The maximum Gasteiger partial charge on any atom is 0.506 e. The Hall–Kier alpha value is -1.52. The fourth-order valence-electron chi connectivity index (χ4n) is 0.379. The van der Waals surface area contributed by atoms with E-state index in [9.17, 15) is 9.59 Å². The van der Waals surface area contributed by atoms with Gasteiger partial charge in [0.2, 0.25) is 0 Å². The van der Waals surface area contributed by atoms with E-state index < -0.39 is 11.8 Å². The number of rotatable bonds is 1. The van der Waals surface area contributed by atoms with Crippen molar-refractivity contribution in [1.82, 2.24) is 0 Å². The largest absolute Gasteiger partial charge is 0.506 e. The molecule has 1 N–H and O–H groups in total. The molecule has 0 spiro atoms. The van der Waals surface area contributed by atoms with Gasteiger partial charge in [-0.15, -0.1) is 0 Å². The van der Waals surface area contributed by atoms with Gasteiger partial charge in [0, 0.05) is 6.92 Å². The number of hydrogen-bond acceptors (Lipinski definition) is 4. The molecule has 5 heteroatoms. The maximum atomic E-state index is 9.79. The zero-order valence-corrected chi connectivity index (χ0v) is 8.86. The van der Waals surface area contributed by atoms with Crippen molar-refractivity contribution in [2.45, 2.75) is 33.3 Å². The lowest BCUT2D eigenvalue weighted by Gasteiger charge is -2.15. The molecule has 0 aromatic carbocycles. The Balaban J connectivity index is 0. The van der Waals surface area contributed by atoms with E-state index in [0.717, 1.165) is 6.26 Å². The van der Waals surface area contributed by atoms with Gasteiger partial charge in [0.25, 0.3) is 0 Å². The van der Waals surface area contributed by atoms with E-state index in [-0.39, 0.29) is 5.97 Å². The average Bonchev–Trinajstić information content (AvgIpc) is 1.80. The van der Waals surface area contributed by atoms with Crippen LogP contribution in [0.5, 0.6) is 0 Å². The number of hydrogen-bond donors (Lipinski definition) is 1. The fourth-order valence-corrected chi connectivity index (χ4v) is 0.379. The molecule has 14 heavy (non-hydrogen) atoms. The molecule has 0 heterocycles. The second-order valence-corrected chi connectivity index (χ2v) is 3.26. The van der Waals surface area contributed by atoms with Crippen LogP contribution in [0, 0.1) is 0 Å². The van der Waals surface area contributed by atoms with E-state index >= 15 is 0 Å². The predicted octanol–water partition coefficient (Wildman–Crippen LogP) is 2.17. The third kappa shape index (κ3) is 22.4. The summed E-state index contributed by atoms with van der Waals surface area (Å²) in [6, 6.07) is 0. The Morgan fingerprint density at radius 2 is 1.79 bits per heavy atom. The molecule has 0 aliphatic carbocycles.